The Bertz CT molecular complexity index is 960. The van der Waals surface area contributed by atoms with Gasteiger partial charge < -0.3 is 19.4 Å². The lowest BCUT2D eigenvalue weighted by Gasteiger charge is -2.21. The zero-order chi connectivity index (χ0) is 22.0. The molecule has 8 nitrogen and oxygen atoms in total. The molecule has 3 heterocycles. The summed E-state index contributed by atoms with van der Waals surface area (Å²) in [6, 6.07) is 9.84. The molecule has 0 bridgehead atoms. The molecule has 0 aliphatic carbocycles. The van der Waals surface area contributed by atoms with Crippen LogP contribution in [0.5, 0.6) is 5.75 Å². The van der Waals surface area contributed by atoms with E-state index in [-0.39, 0.29) is 24.3 Å². The third kappa shape index (κ3) is 4.62. The molecule has 2 aromatic rings. The van der Waals surface area contributed by atoms with Crippen LogP contribution in [0.4, 0.5) is 5.95 Å². The molecule has 2 aliphatic rings. The Morgan fingerprint density at radius 2 is 1.97 bits per heavy atom. The first-order chi connectivity index (χ1) is 14.9. The van der Waals surface area contributed by atoms with E-state index in [1.807, 2.05) is 54.2 Å². The SMILES string of the molecule is COc1ccc(-c2cc([C@H]3CCN(C(=O)CN4CCCC4=O)C3)nc(N(C)C)n2)cc1. The predicted octanol–water partition coefficient (Wildman–Crippen LogP) is 2.16. The summed E-state index contributed by atoms with van der Waals surface area (Å²) in [7, 11) is 5.50. The van der Waals surface area contributed by atoms with E-state index in [9.17, 15) is 9.59 Å². The van der Waals surface area contributed by atoms with E-state index in [1.54, 1.807) is 12.0 Å². The Morgan fingerprint density at radius 3 is 2.61 bits per heavy atom. The molecule has 0 unspecified atom stereocenters. The zero-order valence-corrected chi connectivity index (χ0v) is 18.4. The molecule has 2 amide bonds. The molecule has 31 heavy (non-hydrogen) atoms. The average Bonchev–Trinajstić information content (AvgIpc) is 3.43. The third-order valence-electron chi connectivity index (χ3n) is 5.98. The van der Waals surface area contributed by atoms with E-state index < -0.39 is 0 Å². The van der Waals surface area contributed by atoms with Gasteiger partial charge in [-0.3, -0.25) is 9.59 Å². The molecule has 1 aromatic heterocycles. The minimum atomic E-state index is 0.0232. The highest BCUT2D eigenvalue weighted by atomic mass is 16.5. The van der Waals surface area contributed by atoms with Gasteiger partial charge in [-0.25, -0.2) is 9.97 Å². The first kappa shape index (κ1) is 21.1. The number of rotatable bonds is 6. The fourth-order valence-electron chi connectivity index (χ4n) is 4.13. The van der Waals surface area contributed by atoms with E-state index in [0.717, 1.165) is 35.5 Å². The number of anilines is 1. The molecule has 1 aromatic carbocycles. The molecule has 8 heteroatoms. The minimum Gasteiger partial charge on any atom is -0.497 e. The van der Waals surface area contributed by atoms with Crippen LogP contribution in [0.15, 0.2) is 30.3 Å². The number of methoxy groups -OCH3 is 1. The van der Waals surface area contributed by atoms with Crippen molar-refractivity contribution in [3.63, 3.8) is 0 Å². The summed E-state index contributed by atoms with van der Waals surface area (Å²) in [6.45, 7) is 2.18. The summed E-state index contributed by atoms with van der Waals surface area (Å²) in [5, 5.41) is 0. The lowest BCUT2D eigenvalue weighted by atomic mass is 10.0. The second kappa shape index (κ2) is 8.91. The van der Waals surface area contributed by atoms with Gasteiger partial charge in [-0.2, -0.15) is 0 Å². The van der Waals surface area contributed by atoms with Crippen LogP contribution in [0.25, 0.3) is 11.3 Å². The Hall–Kier alpha value is -3.16. The van der Waals surface area contributed by atoms with E-state index >= 15 is 0 Å². The lowest BCUT2D eigenvalue weighted by molar-refractivity contribution is -0.137. The van der Waals surface area contributed by atoms with Crippen molar-refractivity contribution in [2.45, 2.75) is 25.2 Å². The molecule has 0 N–H and O–H groups in total. The number of hydrogen-bond donors (Lipinski definition) is 0. The van der Waals surface area contributed by atoms with Gasteiger partial charge in [0.25, 0.3) is 0 Å². The van der Waals surface area contributed by atoms with E-state index in [1.165, 1.54) is 0 Å². The fraction of sp³-hybridized carbons (Fsp3) is 0.478. The van der Waals surface area contributed by atoms with Gasteiger partial charge in [-0.1, -0.05) is 0 Å². The Balaban J connectivity index is 1.52. The normalized spacial score (nSPS) is 18.5. The monoisotopic (exact) mass is 423 g/mol. The van der Waals surface area contributed by atoms with Gasteiger partial charge in [0.15, 0.2) is 0 Å². The van der Waals surface area contributed by atoms with E-state index in [0.29, 0.717) is 32.0 Å². The fourth-order valence-corrected chi connectivity index (χ4v) is 4.13. The van der Waals surface area contributed by atoms with E-state index in [4.69, 9.17) is 14.7 Å². The lowest BCUT2D eigenvalue weighted by Crippen LogP contribution is -2.39. The summed E-state index contributed by atoms with van der Waals surface area (Å²) in [6.07, 6.45) is 2.25. The summed E-state index contributed by atoms with van der Waals surface area (Å²) < 4.78 is 5.26. The van der Waals surface area contributed by atoms with Crippen LogP contribution in [-0.4, -0.2) is 79.0 Å². The van der Waals surface area contributed by atoms with Gasteiger partial charge in [-0.05, 0) is 43.2 Å². The van der Waals surface area contributed by atoms with Crippen LogP contribution in [0.1, 0.15) is 30.9 Å². The summed E-state index contributed by atoms with van der Waals surface area (Å²) in [4.78, 5) is 39.5. The standard InChI is InChI=1S/C23H29N5O3/c1-26(2)23-24-19(16-6-8-18(31-3)9-7-16)13-20(25-23)17-10-12-28(14-17)22(30)15-27-11-4-5-21(27)29/h6-9,13,17H,4-5,10-12,14-15H2,1-3H3/t17-/m0/s1. The molecule has 2 saturated heterocycles. The molecule has 1 atom stereocenters. The summed E-state index contributed by atoms with van der Waals surface area (Å²) >= 11 is 0. The maximum atomic E-state index is 12.7. The second-order valence-electron chi connectivity index (χ2n) is 8.35. The summed E-state index contributed by atoms with van der Waals surface area (Å²) in [5.74, 6) is 1.70. The molecule has 164 valence electrons. The maximum Gasteiger partial charge on any atom is 0.242 e. The van der Waals surface area contributed by atoms with Crippen molar-refractivity contribution < 1.29 is 14.3 Å². The Kier molecular flexibility index (Phi) is 6.06. The Labute approximate surface area is 182 Å². The highest BCUT2D eigenvalue weighted by Gasteiger charge is 2.31. The zero-order valence-electron chi connectivity index (χ0n) is 18.4. The molecule has 0 spiro atoms. The molecule has 0 saturated carbocycles. The quantitative estimate of drug-likeness (QED) is 0.709. The van der Waals surface area contributed by atoms with Crippen molar-refractivity contribution in [3.8, 4) is 17.0 Å². The predicted molar refractivity (Wildman–Crippen MR) is 118 cm³/mol. The second-order valence-corrected chi connectivity index (χ2v) is 8.35. The Morgan fingerprint density at radius 1 is 1.19 bits per heavy atom. The van der Waals surface area contributed by atoms with Crippen LogP contribution in [0.3, 0.4) is 0 Å². The van der Waals surface area contributed by atoms with Gasteiger partial charge >= 0.3 is 0 Å². The smallest absolute Gasteiger partial charge is 0.242 e. The number of nitrogens with zero attached hydrogens (tertiary/aromatic N) is 5. The van der Waals surface area contributed by atoms with Crippen molar-refractivity contribution >= 4 is 17.8 Å². The maximum absolute atomic E-state index is 12.7. The van der Waals surface area contributed by atoms with Gasteiger partial charge in [0.2, 0.25) is 17.8 Å². The van der Waals surface area contributed by atoms with Crippen molar-refractivity contribution in [2.24, 2.45) is 0 Å². The largest absolute Gasteiger partial charge is 0.497 e. The minimum absolute atomic E-state index is 0.0232. The highest BCUT2D eigenvalue weighted by Crippen LogP contribution is 2.30. The van der Waals surface area contributed by atoms with Crippen molar-refractivity contribution in [1.82, 2.24) is 19.8 Å². The summed E-state index contributed by atoms with van der Waals surface area (Å²) in [5.41, 5.74) is 2.78. The number of carbonyl (C=O) groups excluding carboxylic acids is 2. The van der Waals surface area contributed by atoms with E-state index in [2.05, 4.69) is 0 Å². The topological polar surface area (TPSA) is 78.9 Å². The molecular weight excluding hydrogens is 394 g/mol. The number of benzene rings is 1. The molecule has 2 aliphatic heterocycles. The van der Waals surface area contributed by atoms with Crippen LogP contribution >= 0.6 is 0 Å². The van der Waals surface area contributed by atoms with Crippen LogP contribution in [-0.2, 0) is 9.59 Å². The van der Waals surface area contributed by atoms with Gasteiger partial charge in [0, 0.05) is 51.6 Å². The van der Waals surface area contributed by atoms with Gasteiger partial charge in [-0.15, -0.1) is 0 Å². The molecular formula is C23H29N5O3. The molecule has 2 fully saturated rings. The van der Waals surface area contributed by atoms with Crippen LogP contribution in [0.2, 0.25) is 0 Å². The van der Waals surface area contributed by atoms with Gasteiger partial charge in [0.1, 0.15) is 5.75 Å². The molecule has 0 radical (unpaired) electrons. The van der Waals surface area contributed by atoms with Crippen LogP contribution < -0.4 is 9.64 Å². The first-order valence-corrected chi connectivity index (χ1v) is 10.7. The number of hydrogen-bond acceptors (Lipinski definition) is 6. The molecule has 4 rings (SSSR count). The number of likely N-dealkylation sites (tertiary alicyclic amines) is 2. The average molecular weight is 424 g/mol. The first-order valence-electron chi connectivity index (χ1n) is 10.7. The number of amides is 2. The van der Waals surface area contributed by atoms with Crippen molar-refractivity contribution in [1.29, 1.82) is 0 Å². The van der Waals surface area contributed by atoms with Crippen molar-refractivity contribution in [2.75, 3.05) is 52.3 Å². The van der Waals surface area contributed by atoms with Crippen LogP contribution in [0, 0.1) is 0 Å². The highest BCUT2D eigenvalue weighted by molar-refractivity contribution is 5.86. The number of carbonyl (C=O) groups is 2. The number of aromatic nitrogens is 2. The van der Waals surface area contributed by atoms with Gasteiger partial charge in [0.05, 0.1) is 25.0 Å². The number of ether oxygens (including phenoxy) is 1. The van der Waals surface area contributed by atoms with Crippen molar-refractivity contribution in [3.05, 3.63) is 36.0 Å². The third-order valence-corrected chi connectivity index (χ3v) is 5.98.